The smallest absolute Gasteiger partial charge is 0.435 e. The molecule has 0 spiro atoms. The van der Waals surface area contributed by atoms with E-state index in [1.54, 1.807) is 60.0 Å². The van der Waals surface area contributed by atoms with E-state index in [1.165, 1.54) is 6.42 Å². The minimum Gasteiger partial charge on any atom is -0.435 e. The van der Waals surface area contributed by atoms with E-state index < -0.39 is 16.0 Å². The van der Waals surface area contributed by atoms with Gasteiger partial charge >= 0.3 is 6.16 Å². The Kier molecular flexibility index (Phi) is 7.27. The van der Waals surface area contributed by atoms with E-state index >= 15 is 0 Å². The van der Waals surface area contributed by atoms with Crippen molar-refractivity contribution in [3.63, 3.8) is 0 Å². The molecule has 0 saturated heterocycles. The minimum atomic E-state index is -3.66. The van der Waals surface area contributed by atoms with Crippen LogP contribution in [0.25, 0.3) is 5.65 Å². The van der Waals surface area contributed by atoms with Crippen molar-refractivity contribution in [3.05, 3.63) is 54.5 Å². The maximum atomic E-state index is 13.0. The normalized spacial score (nSPS) is 15.9. The number of hydrogen-bond acceptors (Lipinski definition) is 7. The number of benzene rings is 1. The Balaban J connectivity index is 1.56. The van der Waals surface area contributed by atoms with Crippen LogP contribution in [-0.2, 0) is 25.7 Å². The molecule has 1 saturated carbocycles. The summed E-state index contributed by atoms with van der Waals surface area (Å²) < 4.78 is 38.5. The van der Waals surface area contributed by atoms with Crippen molar-refractivity contribution < 1.29 is 22.7 Å². The fraction of sp³-hybridized carbons (Fsp3) is 0.458. The van der Waals surface area contributed by atoms with E-state index in [1.807, 2.05) is 0 Å². The number of aromatic nitrogens is 3. The van der Waals surface area contributed by atoms with Crippen molar-refractivity contribution in [2.75, 3.05) is 6.61 Å². The van der Waals surface area contributed by atoms with Gasteiger partial charge in [0.05, 0.1) is 16.4 Å². The summed E-state index contributed by atoms with van der Waals surface area (Å²) in [4.78, 5) is 12.4. The molecule has 2 heterocycles. The van der Waals surface area contributed by atoms with Crippen LogP contribution in [0.3, 0.4) is 0 Å². The van der Waals surface area contributed by atoms with Crippen LogP contribution >= 0.6 is 0 Å². The number of ether oxygens (including phenoxy) is 2. The number of aryl methyl sites for hydroxylation is 1. The highest BCUT2D eigenvalue weighted by Gasteiger charge is 2.28. The average molecular weight is 472 g/mol. The molecule has 1 fully saturated rings. The van der Waals surface area contributed by atoms with Gasteiger partial charge in [-0.15, -0.1) is 10.2 Å². The maximum absolute atomic E-state index is 13.0. The highest BCUT2D eigenvalue weighted by Crippen LogP contribution is 2.30. The van der Waals surface area contributed by atoms with Crippen molar-refractivity contribution in [1.29, 1.82) is 0 Å². The number of carbonyl (C=O) groups is 1. The van der Waals surface area contributed by atoms with Crippen molar-refractivity contribution in [1.82, 2.24) is 14.6 Å². The average Bonchev–Trinajstić information content (AvgIpc) is 3.25. The summed E-state index contributed by atoms with van der Waals surface area (Å²) in [7, 11) is -3.66. The molecule has 0 radical (unpaired) electrons. The Morgan fingerprint density at radius 2 is 1.82 bits per heavy atom. The van der Waals surface area contributed by atoms with E-state index in [9.17, 15) is 13.2 Å². The molecule has 1 aliphatic carbocycles. The Morgan fingerprint density at radius 1 is 1.06 bits per heavy atom. The molecule has 0 N–H and O–H groups in total. The van der Waals surface area contributed by atoms with Gasteiger partial charge in [-0.1, -0.05) is 37.5 Å². The van der Waals surface area contributed by atoms with Gasteiger partial charge in [0.1, 0.15) is 11.9 Å². The van der Waals surface area contributed by atoms with Crippen LogP contribution in [-0.4, -0.2) is 41.9 Å². The van der Waals surface area contributed by atoms with Crippen molar-refractivity contribution >= 4 is 21.6 Å². The SMILES string of the molecule is CCOC(=O)OC(CCc1nnc2ccc(S(=O)(=O)c3ccccc3)cn12)C1CCCCC1. The van der Waals surface area contributed by atoms with Gasteiger partial charge in [0.2, 0.25) is 9.84 Å². The molecule has 1 aromatic carbocycles. The predicted molar refractivity (Wildman–Crippen MR) is 122 cm³/mol. The maximum Gasteiger partial charge on any atom is 0.508 e. The Hall–Kier alpha value is -2.94. The van der Waals surface area contributed by atoms with Crippen LogP contribution < -0.4 is 0 Å². The summed E-state index contributed by atoms with van der Waals surface area (Å²) in [5, 5.41) is 8.45. The number of sulfone groups is 1. The first-order valence-corrected chi connectivity index (χ1v) is 12.9. The molecule has 0 amide bonds. The number of rotatable bonds is 8. The Morgan fingerprint density at radius 3 is 2.55 bits per heavy atom. The van der Waals surface area contributed by atoms with Crippen LogP contribution in [0.5, 0.6) is 0 Å². The topological polar surface area (TPSA) is 99.9 Å². The molecule has 8 nitrogen and oxygen atoms in total. The molecule has 9 heteroatoms. The Labute approximate surface area is 193 Å². The summed E-state index contributed by atoms with van der Waals surface area (Å²) in [5.41, 5.74) is 0.567. The summed E-state index contributed by atoms with van der Waals surface area (Å²) in [6, 6.07) is 11.5. The fourth-order valence-electron chi connectivity index (χ4n) is 4.43. The molecular weight excluding hydrogens is 442 g/mol. The van der Waals surface area contributed by atoms with Gasteiger partial charge in [0.15, 0.2) is 5.65 Å². The van der Waals surface area contributed by atoms with Crippen molar-refractivity contribution in [2.24, 2.45) is 5.92 Å². The molecule has 0 bridgehead atoms. The van der Waals surface area contributed by atoms with Gasteiger partial charge in [-0.25, -0.2) is 13.2 Å². The van der Waals surface area contributed by atoms with Crippen LogP contribution in [0.2, 0.25) is 0 Å². The highest BCUT2D eigenvalue weighted by molar-refractivity contribution is 7.91. The van der Waals surface area contributed by atoms with Crippen LogP contribution in [0.1, 0.15) is 51.3 Å². The Bertz CT molecular complexity index is 1190. The van der Waals surface area contributed by atoms with Gasteiger partial charge < -0.3 is 9.47 Å². The molecule has 1 aliphatic rings. The lowest BCUT2D eigenvalue weighted by atomic mass is 9.83. The molecule has 1 unspecified atom stereocenters. The molecule has 176 valence electrons. The zero-order valence-corrected chi connectivity index (χ0v) is 19.5. The third-order valence-electron chi connectivity index (χ3n) is 6.15. The number of nitrogens with zero attached hydrogens (tertiary/aromatic N) is 3. The standard InChI is InChI=1S/C24H29N3O5S/c1-2-31-24(28)32-21(18-9-5-3-6-10-18)14-16-23-26-25-22-15-13-20(17-27(22)23)33(29,30)19-11-7-4-8-12-19/h4,7-8,11-13,15,17-18,21H,2-3,5-6,9-10,14,16H2,1H3. The summed E-state index contributed by atoms with van der Waals surface area (Å²) in [6.07, 6.45) is 7.21. The molecule has 2 aromatic heterocycles. The summed E-state index contributed by atoms with van der Waals surface area (Å²) in [6.45, 7) is 2.02. The third kappa shape index (κ3) is 5.35. The van der Waals surface area contributed by atoms with Crippen LogP contribution in [0.4, 0.5) is 4.79 Å². The lowest BCUT2D eigenvalue weighted by Gasteiger charge is -2.29. The quantitative estimate of drug-likeness (QED) is 0.442. The second kappa shape index (κ2) is 10.3. The number of fused-ring (bicyclic) bond motifs is 1. The fourth-order valence-corrected chi connectivity index (χ4v) is 5.71. The molecule has 4 rings (SSSR count). The van der Waals surface area contributed by atoms with E-state index in [-0.39, 0.29) is 28.4 Å². The van der Waals surface area contributed by atoms with Gasteiger partial charge in [-0.05, 0) is 56.4 Å². The lowest BCUT2D eigenvalue weighted by Crippen LogP contribution is -2.30. The first-order valence-electron chi connectivity index (χ1n) is 11.5. The molecule has 33 heavy (non-hydrogen) atoms. The van der Waals surface area contributed by atoms with Crippen molar-refractivity contribution in [2.45, 2.75) is 67.8 Å². The monoisotopic (exact) mass is 471 g/mol. The molecule has 0 aliphatic heterocycles. The first kappa shape index (κ1) is 23.2. The van der Waals surface area contributed by atoms with E-state index in [4.69, 9.17) is 9.47 Å². The molecule has 1 atom stereocenters. The summed E-state index contributed by atoms with van der Waals surface area (Å²) in [5.74, 6) is 0.916. The van der Waals surface area contributed by atoms with Gasteiger partial charge in [0.25, 0.3) is 0 Å². The first-order chi connectivity index (χ1) is 16.0. The minimum absolute atomic E-state index is 0.175. The second-order valence-corrected chi connectivity index (χ2v) is 10.3. The third-order valence-corrected chi connectivity index (χ3v) is 7.90. The number of carbonyl (C=O) groups excluding carboxylic acids is 1. The van der Waals surface area contributed by atoms with Crippen LogP contribution in [0.15, 0.2) is 58.5 Å². The zero-order chi connectivity index (χ0) is 23.3. The van der Waals surface area contributed by atoms with Gasteiger partial charge in [-0.2, -0.15) is 0 Å². The second-order valence-electron chi connectivity index (χ2n) is 8.30. The predicted octanol–water partition coefficient (Wildman–Crippen LogP) is 4.62. The van der Waals surface area contributed by atoms with Gasteiger partial charge in [0, 0.05) is 12.6 Å². The summed E-state index contributed by atoms with van der Waals surface area (Å²) >= 11 is 0. The number of pyridine rings is 1. The van der Waals surface area contributed by atoms with Crippen LogP contribution in [0, 0.1) is 5.92 Å². The van der Waals surface area contributed by atoms with E-state index in [0.717, 1.165) is 25.7 Å². The van der Waals surface area contributed by atoms with E-state index in [0.29, 0.717) is 24.3 Å². The molecule has 3 aromatic rings. The van der Waals surface area contributed by atoms with Gasteiger partial charge in [-0.3, -0.25) is 4.40 Å². The zero-order valence-electron chi connectivity index (χ0n) is 18.7. The highest BCUT2D eigenvalue weighted by atomic mass is 32.2. The lowest BCUT2D eigenvalue weighted by molar-refractivity contribution is -0.00640. The molecular formula is C24H29N3O5S. The number of hydrogen-bond donors (Lipinski definition) is 0. The van der Waals surface area contributed by atoms with Crippen molar-refractivity contribution in [3.8, 4) is 0 Å². The largest absolute Gasteiger partial charge is 0.508 e. The van der Waals surface area contributed by atoms with E-state index in [2.05, 4.69) is 10.2 Å².